The van der Waals surface area contributed by atoms with E-state index in [4.69, 9.17) is 14.2 Å². The fourth-order valence-corrected chi connectivity index (χ4v) is 2.19. The van der Waals surface area contributed by atoms with Crippen LogP contribution in [0, 0.1) is 0 Å². The molecular weight excluding hydrogens is 184 g/mol. The fraction of sp³-hybridized carbons (Fsp3) is 1.00. The average Bonchev–Trinajstić information content (AvgIpc) is 2.21. The van der Waals surface area contributed by atoms with E-state index < -0.39 is 12.1 Å². The van der Waals surface area contributed by atoms with E-state index in [2.05, 4.69) is 0 Å². The lowest BCUT2D eigenvalue weighted by molar-refractivity contribution is -0.255. The molecular formula is C10H18O4. The summed E-state index contributed by atoms with van der Waals surface area (Å²) in [7, 11) is 0. The summed E-state index contributed by atoms with van der Waals surface area (Å²) in [5.41, 5.74) is -0.343. The minimum Gasteiger partial charge on any atom is -0.366 e. The molecule has 2 fully saturated rings. The van der Waals surface area contributed by atoms with Gasteiger partial charge in [-0.2, -0.15) is 0 Å². The quantitative estimate of drug-likeness (QED) is 0.637. The Bertz CT molecular complexity index is 236. The van der Waals surface area contributed by atoms with Crippen molar-refractivity contribution in [1.82, 2.24) is 0 Å². The van der Waals surface area contributed by atoms with Gasteiger partial charge in [0.15, 0.2) is 12.1 Å². The molecule has 14 heavy (non-hydrogen) atoms. The number of aliphatic hydroxyl groups is 1. The lowest BCUT2D eigenvalue weighted by atomic mass is 9.94. The molecule has 4 nitrogen and oxygen atoms in total. The lowest BCUT2D eigenvalue weighted by Gasteiger charge is -2.38. The van der Waals surface area contributed by atoms with Gasteiger partial charge in [0.1, 0.15) is 6.10 Å². The fourth-order valence-electron chi connectivity index (χ4n) is 2.19. The summed E-state index contributed by atoms with van der Waals surface area (Å²) >= 11 is 0. The smallest absolute Gasteiger partial charge is 0.184 e. The molecule has 0 spiro atoms. The molecule has 0 amide bonds. The third kappa shape index (κ3) is 1.80. The molecule has 0 bridgehead atoms. The zero-order valence-corrected chi connectivity index (χ0v) is 9.11. The van der Waals surface area contributed by atoms with E-state index in [0.29, 0.717) is 0 Å². The van der Waals surface area contributed by atoms with Crippen LogP contribution >= 0.6 is 0 Å². The molecule has 0 aromatic carbocycles. The van der Waals surface area contributed by atoms with Crippen molar-refractivity contribution in [3.8, 4) is 0 Å². The molecule has 2 aliphatic rings. The molecule has 2 unspecified atom stereocenters. The first-order valence-electron chi connectivity index (χ1n) is 5.01. The highest BCUT2D eigenvalue weighted by Crippen LogP contribution is 2.39. The Kier molecular flexibility index (Phi) is 2.16. The summed E-state index contributed by atoms with van der Waals surface area (Å²) in [6, 6.07) is 0. The molecule has 82 valence electrons. The van der Waals surface area contributed by atoms with Gasteiger partial charge in [-0.05, 0) is 27.7 Å². The van der Waals surface area contributed by atoms with Gasteiger partial charge < -0.3 is 19.3 Å². The van der Waals surface area contributed by atoms with Crippen molar-refractivity contribution >= 4 is 0 Å². The summed E-state index contributed by atoms with van der Waals surface area (Å²) in [5.74, 6) is -0.611. The predicted molar refractivity (Wildman–Crippen MR) is 49.6 cm³/mol. The van der Waals surface area contributed by atoms with Crippen LogP contribution < -0.4 is 0 Å². The van der Waals surface area contributed by atoms with Gasteiger partial charge >= 0.3 is 0 Å². The van der Waals surface area contributed by atoms with Gasteiger partial charge in [0, 0.05) is 6.42 Å². The van der Waals surface area contributed by atoms with E-state index in [9.17, 15) is 5.11 Å². The highest BCUT2D eigenvalue weighted by Gasteiger charge is 2.51. The highest BCUT2D eigenvalue weighted by molar-refractivity contribution is 4.92. The topological polar surface area (TPSA) is 47.9 Å². The molecule has 2 aliphatic heterocycles. The summed E-state index contributed by atoms with van der Waals surface area (Å²) in [6.07, 6.45) is -0.551. The minimum atomic E-state index is -0.884. The maximum absolute atomic E-state index is 9.72. The maximum Gasteiger partial charge on any atom is 0.184 e. The van der Waals surface area contributed by atoms with Gasteiger partial charge in [0.05, 0.1) is 11.7 Å². The monoisotopic (exact) mass is 202 g/mol. The summed E-state index contributed by atoms with van der Waals surface area (Å²) in [5, 5.41) is 9.72. The molecule has 0 aliphatic carbocycles. The van der Waals surface area contributed by atoms with Gasteiger partial charge in [-0.25, -0.2) is 0 Å². The van der Waals surface area contributed by atoms with E-state index in [-0.39, 0.29) is 17.8 Å². The normalized spacial score (nSPS) is 44.8. The zero-order chi connectivity index (χ0) is 10.6. The van der Waals surface area contributed by atoms with Crippen molar-refractivity contribution in [2.45, 2.75) is 64.0 Å². The number of hydrogen-bond donors (Lipinski definition) is 1. The van der Waals surface area contributed by atoms with Crippen LogP contribution in [0.4, 0.5) is 0 Å². The summed E-state index contributed by atoms with van der Waals surface area (Å²) in [6.45, 7) is 7.60. The van der Waals surface area contributed by atoms with Crippen LogP contribution in [0.25, 0.3) is 0 Å². The van der Waals surface area contributed by atoms with Crippen molar-refractivity contribution < 1.29 is 19.3 Å². The Morgan fingerprint density at radius 3 is 2.36 bits per heavy atom. The van der Waals surface area contributed by atoms with Gasteiger partial charge in [0.25, 0.3) is 0 Å². The average molecular weight is 202 g/mol. The Morgan fingerprint density at radius 2 is 1.71 bits per heavy atom. The molecule has 3 atom stereocenters. The van der Waals surface area contributed by atoms with Gasteiger partial charge in [0.2, 0.25) is 0 Å². The van der Waals surface area contributed by atoms with E-state index in [1.807, 2.05) is 27.7 Å². The molecule has 2 rings (SSSR count). The molecule has 1 N–H and O–H groups in total. The van der Waals surface area contributed by atoms with Crippen LogP contribution in [0.5, 0.6) is 0 Å². The van der Waals surface area contributed by atoms with E-state index in [1.54, 1.807) is 0 Å². The molecule has 4 heteroatoms. The van der Waals surface area contributed by atoms with Crippen molar-refractivity contribution in [3.05, 3.63) is 0 Å². The van der Waals surface area contributed by atoms with Crippen molar-refractivity contribution in [1.29, 1.82) is 0 Å². The summed E-state index contributed by atoms with van der Waals surface area (Å²) in [4.78, 5) is 0. The molecule has 2 saturated heterocycles. The first-order chi connectivity index (χ1) is 6.29. The molecule has 0 aromatic heterocycles. The Hall–Kier alpha value is -0.160. The van der Waals surface area contributed by atoms with Crippen molar-refractivity contribution in [2.24, 2.45) is 0 Å². The Labute approximate surface area is 84.1 Å². The number of aliphatic hydroxyl groups excluding tert-OH is 1. The standard InChI is InChI=1S/C10H18O4/c1-9(2)5-6-7(8(11)14-9)13-10(3,4)12-6/h6-8,11H,5H2,1-4H3/t6?,7-,8?/m1/s1. The second-order valence-electron chi connectivity index (χ2n) is 5.11. The number of fused-ring (bicyclic) bond motifs is 1. The first kappa shape index (κ1) is 10.4. The van der Waals surface area contributed by atoms with Crippen LogP contribution in [0.3, 0.4) is 0 Å². The van der Waals surface area contributed by atoms with E-state index in [1.165, 1.54) is 0 Å². The highest BCUT2D eigenvalue weighted by atomic mass is 16.8. The molecule has 2 heterocycles. The number of ether oxygens (including phenoxy) is 3. The summed E-state index contributed by atoms with van der Waals surface area (Å²) < 4.78 is 16.7. The van der Waals surface area contributed by atoms with Crippen LogP contribution in [-0.2, 0) is 14.2 Å². The third-order valence-electron chi connectivity index (χ3n) is 2.64. The molecule has 0 aromatic rings. The number of hydrogen-bond acceptors (Lipinski definition) is 4. The Balaban J connectivity index is 2.15. The van der Waals surface area contributed by atoms with Crippen LogP contribution in [0.15, 0.2) is 0 Å². The van der Waals surface area contributed by atoms with Crippen LogP contribution in [0.2, 0.25) is 0 Å². The lowest BCUT2D eigenvalue weighted by Crippen LogP contribution is -2.50. The first-order valence-corrected chi connectivity index (χ1v) is 5.01. The molecule has 0 radical (unpaired) electrons. The second kappa shape index (κ2) is 2.92. The van der Waals surface area contributed by atoms with Crippen molar-refractivity contribution in [2.75, 3.05) is 0 Å². The minimum absolute atomic E-state index is 0.0660. The largest absolute Gasteiger partial charge is 0.366 e. The Morgan fingerprint density at radius 1 is 1.07 bits per heavy atom. The van der Waals surface area contributed by atoms with Gasteiger partial charge in [-0.1, -0.05) is 0 Å². The van der Waals surface area contributed by atoms with Gasteiger partial charge in [-0.3, -0.25) is 0 Å². The van der Waals surface area contributed by atoms with Crippen LogP contribution in [-0.4, -0.2) is 35.0 Å². The zero-order valence-electron chi connectivity index (χ0n) is 9.11. The van der Waals surface area contributed by atoms with Crippen LogP contribution in [0.1, 0.15) is 34.1 Å². The third-order valence-corrected chi connectivity index (χ3v) is 2.64. The maximum atomic E-state index is 9.72. The predicted octanol–water partition coefficient (Wildman–Crippen LogP) is 1.02. The number of rotatable bonds is 0. The SMILES string of the molecule is CC1(C)CC2OC(C)(C)O[C@H]2C(O)O1. The van der Waals surface area contributed by atoms with E-state index in [0.717, 1.165) is 6.42 Å². The molecule has 0 saturated carbocycles. The van der Waals surface area contributed by atoms with Gasteiger partial charge in [-0.15, -0.1) is 0 Å². The van der Waals surface area contributed by atoms with Crippen molar-refractivity contribution in [3.63, 3.8) is 0 Å². The van der Waals surface area contributed by atoms with E-state index >= 15 is 0 Å². The second-order valence-corrected chi connectivity index (χ2v) is 5.11.